The monoisotopic (exact) mass is 305 g/mol. The van der Waals surface area contributed by atoms with Crippen LogP contribution in [0.4, 0.5) is 0 Å². The fourth-order valence-corrected chi connectivity index (χ4v) is 2.56. The van der Waals surface area contributed by atoms with Crippen LogP contribution in [0.25, 0.3) is 11.1 Å². The van der Waals surface area contributed by atoms with Crippen molar-refractivity contribution in [2.24, 2.45) is 7.05 Å². The Kier molecular flexibility index (Phi) is 4.24. The number of rotatable bonds is 4. The smallest absolute Gasteiger partial charge is 0.268 e. The molecule has 3 aromatic rings. The molecule has 3 rings (SSSR count). The first-order valence-corrected chi connectivity index (χ1v) is 7.57. The van der Waals surface area contributed by atoms with Crippen LogP contribution in [0.3, 0.4) is 0 Å². The first-order chi connectivity index (χ1) is 11.1. The minimum atomic E-state index is -0.0916. The maximum atomic E-state index is 12.5. The van der Waals surface area contributed by atoms with Crippen molar-refractivity contribution >= 4 is 5.91 Å². The van der Waals surface area contributed by atoms with E-state index in [-0.39, 0.29) is 11.9 Å². The minimum Gasteiger partial charge on any atom is -0.346 e. The summed E-state index contributed by atoms with van der Waals surface area (Å²) < 4.78 is 1.85. The molecule has 1 N–H and O–H groups in total. The maximum Gasteiger partial charge on any atom is 0.268 e. The highest BCUT2D eigenvalue weighted by Crippen LogP contribution is 2.22. The van der Waals surface area contributed by atoms with Crippen LogP contribution in [0.5, 0.6) is 0 Å². The molecule has 0 aliphatic carbocycles. The van der Waals surface area contributed by atoms with E-state index in [1.165, 1.54) is 0 Å². The number of hydrogen-bond donors (Lipinski definition) is 1. The van der Waals surface area contributed by atoms with E-state index in [2.05, 4.69) is 10.3 Å². The molecule has 0 saturated heterocycles. The van der Waals surface area contributed by atoms with E-state index in [1.807, 2.05) is 73.3 Å². The number of carbonyl (C=O) groups excluding carboxylic acids is 1. The van der Waals surface area contributed by atoms with E-state index in [4.69, 9.17) is 0 Å². The van der Waals surface area contributed by atoms with Gasteiger partial charge in [-0.15, -0.1) is 0 Å². The van der Waals surface area contributed by atoms with Crippen molar-refractivity contribution in [3.8, 4) is 11.1 Å². The van der Waals surface area contributed by atoms with Crippen LogP contribution < -0.4 is 5.32 Å². The van der Waals surface area contributed by atoms with Crippen molar-refractivity contribution < 1.29 is 4.79 Å². The third-order valence-electron chi connectivity index (χ3n) is 3.88. The summed E-state index contributed by atoms with van der Waals surface area (Å²) in [5, 5.41) is 3.02. The van der Waals surface area contributed by atoms with Crippen LogP contribution in [0, 0.1) is 0 Å². The van der Waals surface area contributed by atoms with Gasteiger partial charge in [0.1, 0.15) is 5.69 Å². The number of nitrogens with zero attached hydrogens (tertiary/aromatic N) is 2. The Labute approximate surface area is 135 Å². The molecule has 0 bridgehead atoms. The summed E-state index contributed by atoms with van der Waals surface area (Å²) in [6, 6.07) is 15.7. The normalized spacial score (nSPS) is 11.9. The van der Waals surface area contributed by atoms with Gasteiger partial charge < -0.3 is 9.88 Å². The number of benzene rings is 1. The number of amides is 1. The molecule has 4 nitrogen and oxygen atoms in total. The molecule has 0 radical (unpaired) electrons. The Morgan fingerprint density at radius 1 is 1.13 bits per heavy atom. The quantitative estimate of drug-likeness (QED) is 0.801. The molecule has 116 valence electrons. The van der Waals surface area contributed by atoms with Crippen LogP contribution in [0.15, 0.2) is 67.1 Å². The molecule has 0 fully saturated rings. The summed E-state index contributed by atoms with van der Waals surface area (Å²) in [5.74, 6) is -0.0916. The van der Waals surface area contributed by atoms with Crippen LogP contribution in [0.2, 0.25) is 0 Å². The first kappa shape index (κ1) is 15.0. The Balaban J connectivity index is 1.79. The van der Waals surface area contributed by atoms with Crippen LogP contribution >= 0.6 is 0 Å². The van der Waals surface area contributed by atoms with Gasteiger partial charge in [-0.25, -0.2) is 0 Å². The number of aromatic nitrogens is 2. The first-order valence-electron chi connectivity index (χ1n) is 7.57. The van der Waals surface area contributed by atoms with Gasteiger partial charge in [0.25, 0.3) is 5.91 Å². The molecule has 1 aromatic carbocycles. The molecule has 0 spiro atoms. The lowest BCUT2D eigenvalue weighted by molar-refractivity contribution is 0.0931. The van der Waals surface area contributed by atoms with Gasteiger partial charge in [0.15, 0.2) is 0 Å². The van der Waals surface area contributed by atoms with Gasteiger partial charge in [0.2, 0.25) is 0 Å². The molecule has 23 heavy (non-hydrogen) atoms. The van der Waals surface area contributed by atoms with Crippen LogP contribution in [0.1, 0.15) is 29.0 Å². The third kappa shape index (κ3) is 3.31. The highest BCUT2D eigenvalue weighted by Gasteiger charge is 2.15. The largest absolute Gasteiger partial charge is 0.346 e. The number of aryl methyl sites for hydroxylation is 1. The second-order valence-electron chi connectivity index (χ2n) is 5.57. The van der Waals surface area contributed by atoms with Crippen molar-refractivity contribution in [3.63, 3.8) is 0 Å². The Morgan fingerprint density at radius 2 is 1.91 bits per heavy atom. The molecular weight excluding hydrogens is 286 g/mol. The van der Waals surface area contributed by atoms with Gasteiger partial charge >= 0.3 is 0 Å². The van der Waals surface area contributed by atoms with Crippen LogP contribution in [-0.2, 0) is 7.05 Å². The van der Waals surface area contributed by atoms with E-state index in [0.29, 0.717) is 5.69 Å². The Hall–Kier alpha value is -2.88. The van der Waals surface area contributed by atoms with Gasteiger partial charge in [-0.1, -0.05) is 36.4 Å². The molecule has 4 heteroatoms. The summed E-state index contributed by atoms with van der Waals surface area (Å²) in [7, 11) is 1.89. The molecule has 0 aliphatic heterocycles. The van der Waals surface area contributed by atoms with Gasteiger partial charge in [0.05, 0.1) is 6.04 Å². The van der Waals surface area contributed by atoms with E-state index in [1.54, 1.807) is 12.4 Å². The number of carbonyl (C=O) groups is 1. The maximum absolute atomic E-state index is 12.5. The fourth-order valence-electron chi connectivity index (χ4n) is 2.56. The molecule has 0 unspecified atom stereocenters. The lowest BCUT2D eigenvalue weighted by Crippen LogP contribution is -2.28. The molecule has 1 atom stereocenters. The lowest BCUT2D eigenvalue weighted by Gasteiger charge is -2.14. The van der Waals surface area contributed by atoms with Crippen molar-refractivity contribution in [3.05, 3.63) is 78.4 Å². The topological polar surface area (TPSA) is 46.9 Å². The summed E-state index contributed by atoms with van der Waals surface area (Å²) >= 11 is 0. The third-order valence-corrected chi connectivity index (χ3v) is 3.88. The number of nitrogens with one attached hydrogen (secondary N) is 1. The molecule has 0 saturated carbocycles. The Morgan fingerprint density at radius 3 is 2.61 bits per heavy atom. The average Bonchev–Trinajstić information content (AvgIpc) is 2.98. The molecular formula is C19H19N3O. The molecule has 0 aliphatic rings. The molecule has 2 aromatic heterocycles. The summed E-state index contributed by atoms with van der Waals surface area (Å²) in [6.45, 7) is 1.95. The van der Waals surface area contributed by atoms with Gasteiger partial charge in [-0.2, -0.15) is 0 Å². The van der Waals surface area contributed by atoms with E-state index >= 15 is 0 Å². The summed E-state index contributed by atoms with van der Waals surface area (Å²) in [5.41, 5.74) is 3.76. The molecule has 1 amide bonds. The standard InChI is InChI=1S/C19H19N3O/c1-14(16-9-6-10-20-12-16)21-19(23)18-11-17(13-22(18)2)15-7-4-3-5-8-15/h3-14H,1-2H3,(H,21,23)/t14-/m0/s1. The number of hydrogen-bond acceptors (Lipinski definition) is 2. The second-order valence-corrected chi connectivity index (χ2v) is 5.57. The zero-order chi connectivity index (χ0) is 16.2. The number of pyridine rings is 1. The minimum absolute atomic E-state index is 0.0914. The van der Waals surface area contributed by atoms with Crippen molar-refractivity contribution in [2.45, 2.75) is 13.0 Å². The second kappa shape index (κ2) is 6.48. The summed E-state index contributed by atoms with van der Waals surface area (Å²) in [6.07, 6.45) is 5.46. The van der Waals surface area contributed by atoms with Crippen molar-refractivity contribution in [2.75, 3.05) is 0 Å². The highest BCUT2D eigenvalue weighted by atomic mass is 16.2. The highest BCUT2D eigenvalue weighted by molar-refractivity contribution is 5.94. The van der Waals surface area contributed by atoms with Gasteiger partial charge in [-0.05, 0) is 30.2 Å². The lowest BCUT2D eigenvalue weighted by atomic mass is 10.1. The van der Waals surface area contributed by atoms with Crippen LogP contribution in [-0.4, -0.2) is 15.5 Å². The van der Waals surface area contributed by atoms with E-state index < -0.39 is 0 Å². The predicted molar refractivity (Wildman–Crippen MR) is 91.0 cm³/mol. The van der Waals surface area contributed by atoms with Gasteiger partial charge in [-0.3, -0.25) is 9.78 Å². The van der Waals surface area contributed by atoms with E-state index in [0.717, 1.165) is 16.7 Å². The zero-order valence-corrected chi connectivity index (χ0v) is 13.2. The molecule has 2 heterocycles. The van der Waals surface area contributed by atoms with Crippen molar-refractivity contribution in [1.82, 2.24) is 14.9 Å². The SMILES string of the molecule is C[C@H](NC(=O)c1cc(-c2ccccc2)cn1C)c1cccnc1. The van der Waals surface area contributed by atoms with Gasteiger partial charge in [0, 0.05) is 31.2 Å². The van der Waals surface area contributed by atoms with E-state index in [9.17, 15) is 4.79 Å². The van der Waals surface area contributed by atoms with Crippen molar-refractivity contribution in [1.29, 1.82) is 0 Å². The summed E-state index contributed by atoms with van der Waals surface area (Å²) in [4.78, 5) is 16.6. The predicted octanol–water partition coefficient (Wildman–Crippen LogP) is 3.58. The Bertz CT molecular complexity index is 794. The zero-order valence-electron chi connectivity index (χ0n) is 13.2. The fraction of sp³-hybridized carbons (Fsp3) is 0.158. The average molecular weight is 305 g/mol.